The Morgan fingerprint density at radius 2 is 2.27 bits per heavy atom. The maximum atomic E-state index is 12.1. The lowest BCUT2D eigenvalue weighted by Gasteiger charge is -2.16. The van der Waals surface area contributed by atoms with Crippen LogP contribution in [0.4, 0.5) is 4.79 Å². The van der Waals surface area contributed by atoms with E-state index in [4.69, 9.17) is 9.47 Å². The van der Waals surface area contributed by atoms with Crippen molar-refractivity contribution in [3.05, 3.63) is 53.1 Å². The molecule has 1 aliphatic heterocycles. The molecule has 0 spiro atoms. The van der Waals surface area contributed by atoms with Crippen molar-refractivity contribution in [1.29, 1.82) is 0 Å². The molecule has 0 bridgehead atoms. The first-order valence-electron chi connectivity index (χ1n) is 8.54. The van der Waals surface area contributed by atoms with Crippen molar-refractivity contribution in [1.82, 2.24) is 14.9 Å². The SMILES string of the molecule is O=C(OCc1cscn1)N1CCC(COc2ccc3cccnc3c2)C1. The molecule has 0 aliphatic carbocycles. The van der Waals surface area contributed by atoms with E-state index in [1.165, 1.54) is 11.3 Å². The second-order valence-corrected chi connectivity index (χ2v) is 7.02. The van der Waals surface area contributed by atoms with Crippen LogP contribution in [0.2, 0.25) is 0 Å². The van der Waals surface area contributed by atoms with Gasteiger partial charge in [0.1, 0.15) is 12.4 Å². The van der Waals surface area contributed by atoms with Gasteiger partial charge in [-0.3, -0.25) is 4.98 Å². The van der Waals surface area contributed by atoms with E-state index in [0.717, 1.165) is 28.8 Å². The van der Waals surface area contributed by atoms with E-state index in [2.05, 4.69) is 9.97 Å². The number of carbonyl (C=O) groups is 1. The van der Waals surface area contributed by atoms with Gasteiger partial charge in [0.25, 0.3) is 0 Å². The van der Waals surface area contributed by atoms with E-state index < -0.39 is 0 Å². The second-order valence-electron chi connectivity index (χ2n) is 6.30. The Bertz CT molecular complexity index is 885. The summed E-state index contributed by atoms with van der Waals surface area (Å²) >= 11 is 1.49. The Morgan fingerprint density at radius 3 is 3.15 bits per heavy atom. The Morgan fingerprint density at radius 1 is 1.31 bits per heavy atom. The van der Waals surface area contributed by atoms with Crippen LogP contribution in [0.3, 0.4) is 0 Å². The number of benzene rings is 1. The van der Waals surface area contributed by atoms with Gasteiger partial charge in [-0.2, -0.15) is 0 Å². The van der Waals surface area contributed by atoms with E-state index in [0.29, 0.717) is 25.6 Å². The Hall–Kier alpha value is -2.67. The van der Waals surface area contributed by atoms with Crippen LogP contribution in [0.25, 0.3) is 10.9 Å². The maximum Gasteiger partial charge on any atom is 0.410 e. The monoisotopic (exact) mass is 369 g/mol. The first-order valence-corrected chi connectivity index (χ1v) is 9.48. The molecule has 1 fully saturated rings. The summed E-state index contributed by atoms with van der Waals surface area (Å²) < 4.78 is 11.2. The van der Waals surface area contributed by atoms with Gasteiger partial charge in [-0.15, -0.1) is 11.3 Å². The van der Waals surface area contributed by atoms with Crippen molar-refractivity contribution in [3.8, 4) is 5.75 Å². The number of fused-ring (bicyclic) bond motifs is 1. The topological polar surface area (TPSA) is 64.5 Å². The molecule has 0 radical (unpaired) electrons. The van der Waals surface area contributed by atoms with Gasteiger partial charge in [0.2, 0.25) is 0 Å². The van der Waals surface area contributed by atoms with Gasteiger partial charge in [0.15, 0.2) is 0 Å². The van der Waals surface area contributed by atoms with Crippen LogP contribution < -0.4 is 4.74 Å². The fraction of sp³-hybridized carbons (Fsp3) is 0.316. The van der Waals surface area contributed by atoms with Crippen molar-refractivity contribution in [3.63, 3.8) is 0 Å². The number of amides is 1. The Kier molecular flexibility index (Phi) is 4.97. The zero-order valence-corrected chi connectivity index (χ0v) is 15.0. The van der Waals surface area contributed by atoms with Gasteiger partial charge in [0, 0.05) is 42.0 Å². The first-order chi connectivity index (χ1) is 12.8. The van der Waals surface area contributed by atoms with Gasteiger partial charge >= 0.3 is 6.09 Å². The zero-order chi connectivity index (χ0) is 17.8. The molecule has 1 aliphatic rings. The minimum Gasteiger partial charge on any atom is -0.493 e. The lowest BCUT2D eigenvalue weighted by molar-refractivity contribution is 0.101. The first kappa shape index (κ1) is 16.8. The lowest BCUT2D eigenvalue weighted by atomic mass is 10.1. The maximum absolute atomic E-state index is 12.1. The molecule has 6 nitrogen and oxygen atoms in total. The fourth-order valence-electron chi connectivity index (χ4n) is 3.02. The number of thiazole rings is 1. The van der Waals surface area contributed by atoms with Gasteiger partial charge in [-0.05, 0) is 24.6 Å². The molecule has 3 aromatic rings. The fourth-order valence-corrected chi connectivity index (χ4v) is 3.56. The lowest BCUT2D eigenvalue weighted by Crippen LogP contribution is -2.30. The van der Waals surface area contributed by atoms with Gasteiger partial charge in [0.05, 0.1) is 23.3 Å². The smallest absolute Gasteiger partial charge is 0.410 e. The molecule has 1 atom stereocenters. The number of hydrogen-bond donors (Lipinski definition) is 0. The van der Waals surface area contributed by atoms with E-state index >= 15 is 0 Å². The summed E-state index contributed by atoms with van der Waals surface area (Å²) in [7, 11) is 0. The summed E-state index contributed by atoms with van der Waals surface area (Å²) in [5.41, 5.74) is 3.44. The number of aromatic nitrogens is 2. The number of carbonyl (C=O) groups excluding carboxylic acids is 1. The molecule has 0 N–H and O–H groups in total. The molecule has 1 aromatic carbocycles. The van der Waals surface area contributed by atoms with Crippen LogP contribution >= 0.6 is 11.3 Å². The van der Waals surface area contributed by atoms with Crippen molar-refractivity contribution in [2.45, 2.75) is 13.0 Å². The van der Waals surface area contributed by atoms with Crippen LogP contribution in [0.5, 0.6) is 5.75 Å². The molecule has 4 rings (SSSR count). The molecule has 7 heteroatoms. The third-order valence-electron chi connectivity index (χ3n) is 4.43. The average molecular weight is 369 g/mol. The van der Waals surface area contributed by atoms with Gasteiger partial charge < -0.3 is 14.4 Å². The largest absolute Gasteiger partial charge is 0.493 e. The van der Waals surface area contributed by atoms with E-state index in [1.54, 1.807) is 16.6 Å². The van der Waals surface area contributed by atoms with Crippen LogP contribution in [0, 0.1) is 5.92 Å². The molecule has 2 aromatic heterocycles. The highest BCUT2D eigenvalue weighted by Gasteiger charge is 2.27. The summed E-state index contributed by atoms with van der Waals surface area (Å²) in [5, 5.41) is 2.97. The molecule has 0 saturated carbocycles. The van der Waals surface area contributed by atoms with E-state index in [9.17, 15) is 4.79 Å². The minimum atomic E-state index is -0.282. The second kappa shape index (κ2) is 7.70. The third-order valence-corrected chi connectivity index (χ3v) is 5.07. The summed E-state index contributed by atoms with van der Waals surface area (Å²) in [6, 6.07) is 9.86. The van der Waals surface area contributed by atoms with E-state index in [1.807, 2.05) is 35.7 Å². The predicted octanol–water partition coefficient (Wildman–Crippen LogP) is 3.73. The molecule has 3 heterocycles. The number of nitrogens with zero attached hydrogens (tertiary/aromatic N) is 3. The van der Waals surface area contributed by atoms with Gasteiger partial charge in [-0.1, -0.05) is 6.07 Å². The van der Waals surface area contributed by atoms with Gasteiger partial charge in [-0.25, -0.2) is 9.78 Å². The molecule has 134 valence electrons. The zero-order valence-electron chi connectivity index (χ0n) is 14.2. The summed E-state index contributed by atoms with van der Waals surface area (Å²) in [5.74, 6) is 1.11. The summed E-state index contributed by atoms with van der Waals surface area (Å²) in [6.07, 6.45) is 2.41. The number of rotatable bonds is 5. The Labute approximate surface area is 155 Å². The van der Waals surface area contributed by atoms with Crippen molar-refractivity contribution >= 4 is 28.3 Å². The van der Waals surface area contributed by atoms with Crippen LogP contribution in [-0.4, -0.2) is 40.7 Å². The third kappa shape index (κ3) is 3.94. The van der Waals surface area contributed by atoms with Crippen molar-refractivity contribution in [2.24, 2.45) is 5.92 Å². The number of ether oxygens (including phenoxy) is 2. The quantitative estimate of drug-likeness (QED) is 0.686. The predicted molar refractivity (Wildman–Crippen MR) is 99.2 cm³/mol. The molecular weight excluding hydrogens is 350 g/mol. The number of pyridine rings is 1. The highest BCUT2D eigenvalue weighted by Crippen LogP contribution is 2.22. The van der Waals surface area contributed by atoms with Crippen LogP contribution in [0.1, 0.15) is 12.1 Å². The molecule has 26 heavy (non-hydrogen) atoms. The average Bonchev–Trinajstić information content (AvgIpc) is 3.36. The minimum absolute atomic E-state index is 0.226. The number of likely N-dealkylation sites (tertiary alicyclic amines) is 1. The summed E-state index contributed by atoms with van der Waals surface area (Å²) in [4.78, 5) is 22.3. The normalized spacial score (nSPS) is 16.8. The van der Waals surface area contributed by atoms with Crippen molar-refractivity contribution < 1.29 is 14.3 Å². The molecule has 1 saturated heterocycles. The van der Waals surface area contributed by atoms with E-state index in [-0.39, 0.29) is 12.7 Å². The molecule has 1 unspecified atom stereocenters. The van der Waals surface area contributed by atoms with Crippen molar-refractivity contribution in [2.75, 3.05) is 19.7 Å². The van der Waals surface area contributed by atoms with Crippen LogP contribution in [-0.2, 0) is 11.3 Å². The highest BCUT2D eigenvalue weighted by molar-refractivity contribution is 7.07. The summed E-state index contributed by atoms with van der Waals surface area (Å²) in [6.45, 7) is 2.16. The molecule has 1 amide bonds. The standard InChI is InChI=1S/C19H19N3O3S/c23-19(25-11-16-12-26-13-21-16)22-7-5-14(9-22)10-24-17-4-3-15-2-1-6-20-18(15)8-17/h1-4,6,8,12-14H,5,7,9-11H2. The number of hydrogen-bond acceptors (Lipinski definition) is 6. The van der Waals surface area contributed by atoms with Crippen LogP contribution in [0.15, 0.2) is 47.4 Å². The molecular formula is C19H19N3O3S. The highest BCUT2D eigenvalue weighted by atomic mass is 32.1. The Balaban J connectivity index is 1.26.